The summed E-state index contributed by atoms with van der Waals surface area (Å²) in [5, 5.41) is 11.4. The number of carbonyl (C=O) groups excluding carboxylic acids is 2. The van der Waals surface area contributed by atoms with E-state index in [0.717, 1.165) is 25.8 Å². The van der Waals surface area contributed by atoms with Gasteiger partial charge in [0.25, 0.3) is 5.91 Å². The quantitative estimate of drug-likeness (QED) is 0.776. The van der Waals surface area contributed by atoms with Crippen LogP contribution in [0, 0.1) is 0 Å². The van der Waals surface area contributed by atoms with Gasteiger partial charge < -0.3 is 19.7 Å². The highest BCUT2D eigenvalue weighted by molar-refractivity contribution is 5.93. The Morgan fingerprint density at radius 1 is 1.23 bits per heavy atom. The van der Waals surface area contributed by atoms with Gasteiger partial charge in [-0.25, -0.2) is 4.79 Å². The highest BCUT2D eigenvalue weighted by atomic mass is 16.4. The summed E-state index contributed by atoms with van der Waals surface area (Å²) in [7, 11) is 0. The molecule has 2 heterocycles. The van der Waals surface area contributed by atoms with Crippen molar-refractivity contribution in [2.75, 3.05) is 19.6 Å². The first-order chi connectivity index (χ1) is 10.6. The normalized spacial score (nSPS) is 15.5. The topological polar surface area (TPSA) is 99.8 Å². The lowest BCUT2D eigenvalue weighted by molar-refractivity contribution is -0.130. The monoisotopic (exact) mass is 308 g/mol. The van der Waals surface area contributed by atoms with Crippen molar-refractivity contribution < 1.29 is 23.9 Å². The number of carbonyl (C=O) groups is 3. The van der Waals surface area contributed by atoms with Crippen LogP contribution in [0.1, 0.15) is 53.2 Å². The minimum Gasteiger partial charge on any atom is -0.475 e. The summed E-state index contributed by atoms with van der Waals surface area (Å²) in [6.07, 6.45) is 4.34. The van der Waals surface area contributed by atoms with Gasteiger partial charge in [0, 0.05) is 26.1 Å². The molecule has 1 aromatic rings. The summed E-state index contributed by atoms with van der Waals surface area (Å²) in [5.74, 6) is -1.77. The van der Waals surface area contributed by atoms with Crippen LogP contribution < -0.4 is 5.32 Å². The molecule has 1 saturated heterocycles. The molecule has 0 atom stereocenters. The Morgan fingerprint density at radius 3 is 2.73 bits per heavy atom. The predicted octanol–water partition coefficient (Wildman–Crippen LogP) is 1.50. The minimum absolute atomic E-state index is 0.0248. The van der Waals surface area contributed by atoms with E-state index < -0.39 is 11.9 Å². The summed E-state index contributed by atoms with van der Waals surface area (Å²) in [5.41, 5.74) is 0. The van der Waals surface area contributed by atoms with Gasteiger partial charge in [0.1, 0.15) is 0 Å². The number of aromatic carboxylic acids is 1. The third-order valence-electron chi connectivity index (χ3n) is 3.60. The van der Waals surface area contributed by atoms with Crippen LogP contribution >= 0.6 is 0 Å². The van der Waals surface area contributed by atoms with Crippen molar-refractivity contribution in [1.82, 2.24) is 10.2 Å². The van der Waals surface area contributed by atoms with Crippen LogP contribution in [0.15, 0.2) is 16.5 Å². The van der Waals surface area contributed by atoms with Gasteiger partial charge in [-0.1, -0.05) is 6.42 Å². The summed E-state index contributed by atoms with van der Waals surface area (Å²) in [6.45, 7) is 1.82. The maximum atomic E-state index is 11.8. The van der Waals surface area contributed by atoms with Gasteiger partial charge in [-0.2, -0.15) is 0 Å². The number of hydrogen-bond acceptors (Lipinski definition) is 4. The van der Waals surface area contributed by atoms with Gasteiger partial charge in [0.15, 0.2) is 5.76 Å². The number of hydrogen-bond donors (Lipinski definition) is 2. The number of nitrogens with zero attached hydrogens (tertiary/aromatic N) is 1. The molecule has 1 fully saturated rings. The van der Waals surface area contributed by atoms with Crippen molar-refractivity contribution >= 4 is 17.8 Å². The molecule has 0 aliphatic carbocycles. The molecule has 0 unspecified atom stereocenters. The molecule has 0 radical (unpaired) electrons. The number of furan rings is 1. The van der Waals surface area contributed by atoms with Crippen LogP contribution in [0.3, 0.4) is 0 Å². The van der Waals surface area contributed by atoms with Gasteiger partial charge in [-0.3, -0.25) is 9.59 Å². The van der Waals surface area contributed by atoms with Crippen molar-refractivity contribution in [2.45, 2.75) is 32.1 Å². The van der Waals surface area contributed by atoms with Gasteiger partial charge in [-0.15, -0.1) is 0 Å². The molecule has 0 bridgehead atoms. The van der Waals surface area contributed by atoms with Crippen molar-refractivity contribution in [3.8, 4) is 0 Å². The molecular weight excluding hydrogens is 288 g/mol. The number of carboxylic acid groups (broad SMARTS) is 1. The molecule has 1 aliphatic rings. The lowest BCUT2D eigenvalue weighted by Crippen LogP contribution is -2.33. The molecule has 1 aromatic heterocycles. The average molecular weight is 308 g/mol. The molecule has 0 saturated carbocycles. The van der Waals surface area contributed by atoms with Crippen LogP contribution in [0.5, 0.6) is 0 Å². The first kappa shape index (κ1) is 16.1. The number of carboxylic acids is 1. The van der Waals surface area contributed by atoms with Gasteiger partial charge in [0.2, 0.25) is 11.7 Å². The van der Waals surface area contributed by atoms with E-state index in [0.29, 0.717) is 25.9 Å². The Balaban J connectivity index is 1.72. The van der Waals surface area contributed by atoms with E-state index in [9.17, 15) is 14.4 Å². The molecule has 7 heteroatoms. The molecular formula is C15H20N2O5. The van der Waals surface area contributed by atoms with Crippen molar-refractivity contribution in [2.24, 2.45) is 0 Å². The zero-order valence-electron chi connectivity index (χ0n) is 12.3. The molecule has 7 nitrogen and oxygen atoms in total. The maximum Gasteiger partial charge on any atom is 0.371 e. The van der Waals surface area contributed by atoms with E-state index in [-0.39, 0.29) is 17.4 Å². The lowest BCUT2D eigenvalue weighted by atomic mass is 10.2. The van der Waals surface area contributed by atoms with E-state index in [2.05, 4.69) is 5.32 Å². The summed E-state index contributed by atoms with van der Waals surface area (Å²) in [6, 6.07) is 2.57. The van der Waals surface area contributed by atoms with E-state index in [1.807, 2.05) is 4.90 Å². The second-order valence-corrected chi connectivity index (χ2v) is 5.27. The Hall–Kier alpha value is -2.31. The molecule has 22 heavy (non-hydrogen) atoms. The average Bonchev–Trinajstić information content (AvgIpc) is 2.90. The first-order valence-corrected chi connectivity index (χ1v) is 7.47. The van der Waals surface area contributed by atoms with E-state index in [1.165, 1.54) is 12.1 Å². The van der Waals surface area contributed by atoms with Crippen LogP contribution in [0.2, 0.25) is 0 Å². The van der Waals surface area contributed by atoms with Crippen LogP contribution in [-0.4, -0.2) is 47.4 Å². The second kappa shape index (κ2) is 7.63. The molecule has 2 amide bonds. The van der Waals surface area contributed by atoms with Gasteiger partial charge in [0.05, 0.1) is 0 Å². The largest absolute Gasteiger partial charge is 0.475 e. The van der Waals surface area contributed by atoms with Crippen molar-refractivity contribution in [3.05, 3.63) is 23.7 Å². The van der Waals surface area contributed by atoms with Gasteiger partial charge >= 0.3 is 5.97 Å². The molecule has 0 aromatic carbocycles. The third-order valence-corrected chi connectivity index (χ3v) is 3.60. The molecule has 0 spiro atoms. The SMILES string of the molecule is O=C(O)c1ccc(C(=O)NCCCN2CCCCCC2=O)o1. The fourth-order valence-electron chi connectivity index (χ4n) is 2.41. The fourth-order valence-corrected chi connectivity index (χ4v) is 2.41. The molecule has 2 N–H and O–H groups in total. The molecule has 2 rings (SSSR count). The van der Waals surface area contributed by atoms with Crippen LogP contribution in [0.25, 0.3) is 0 Å². The summed E-state index contributed by atoms with van der Waals surface area (Å²) in [4.78, 5) is 36.1. The Morgan fingerprint density at radius 2 is 2.00 bits per heavy atom. The van der Waals surface area contributed by atoms with Crippen molar-refractivity contribution in [3.63, 3.8) is 0 Å². The number of nitrogens with one attached hydrogen (secondary N) is 1. The number of amides is 2. The van der Waals surface area contributed by atoms with E-state index in [1.54, 1.807) is 0 Å². The highest BCUT2D eigenvalue weighted by Crippen LogP contribution is 2.11. The van der Waals surface area contributed by atoms with Crippen molar-refractivity contribution in [1.29, 1.82) is 0 Å². The Bertz CT molecular complexity index is 552. The fraction of sp³-hybridized carbons (Fsp3) is 0.533. The Labute approximate surface area is 128 Å². The lowest BCUT2D eigenvalue weighted by Gasteiger charge is -2.20. The summed E-state index contributed by atoms with van der Waals surface area (Å²) < 4.78 is 4.91. The Kier molecular flexibility index (Phi) is 5.57. The predicted molar refractivity (Wildman–Crippen MR) is 77.7 cm³/mol. The minimum atomic E-state index is -1.21. The zero-order chi connectivity index (χ0) is 15.9. The van der Waals surface area contributed by atoms with Gasteiger partial charge in [-0.05, 0) is 31.4 Å². The van der Waals surface area contributed by atoms with Crippen LogP contribution in [-0.2, 0) is 4.79 Å². The molecule has 1 aliphatic heterocycles. The van der Waals surface area contributed by atoms with E-state index >= 15 is 0 Å². The third kappa shape index (κ3) is 4.34. The number of rotatable bonds is 6. The first-order valence-electron chi connectivity index (χ1n) is 7.47. The number of likely N-dealkylation sites (tertiary alicyclic amines) is 1. The maximum absolute atomic E-state index is 11.8. The second-order valence-electron chi connectivity index (χ2n) is 5.27. The smallest absolute Gasteiger partial charge is 0.371 e. The zero-order valence-corrected chi connectivity index (χ0v) is 12.3. The highest BCUT2D eigenvalue weighted by Gasteiger charge is 2.17. The summed E-state index contributed by atoms with van der Waals surface area (Å²) >= 11 is 0. The van der Waals surface area contributed by atoms with Crippen LogP contribution in [0.4, 0.5) is 0 Å². The standard InChI is InChI=1S/C15H20N2O5/c18-13-5-2-1-3-9-17(13)10-4-8-16-14(19)11-6-7-12(22-11)15(20)21/h6-7H,1-5,8-10H2,(H,16,19)(H,20,21). The van der Waals surface area contributed by atoms with E-state index in [4.69, 9.17) is 9.52 Å². The molecule has 120 valence electrons.